The minimum atomic E-state index is -0.00183. The van der Waals surface area contributed by atoms with Crippen molar-refractivity contribution < 1.29 is 4.79 Å². The summed E-state index contributed by atoms with van der Waals surface area (Å²) in [4.78, 5) is 33.5. The normalized spacial score (nSPS) is 15.8. The highest BCUT2D eigenvalue weighted by atomic mass is 32.2. The van der Waals surface area contributed by atoms with Gasteiger partial charge in [0, 0.05) is 34.9 Å². The molecule has 0 N–H and O–H groups in total. The smallest absolute Gasteiger partial charge is 0.263 e. The maximum Gasteiger partial charge on any atom is 0.263 e. The number of hydrogen-bond donors (Lipinski definition) is 0. The number of thioether (sulfide) groups is 1. The Hall–Kier alpha value is -2.12. The van der Waals surface area contributed by atoms with Crippen molar-refractivity contribution >= 4 is 39.1 Å². The number of nitrogens with zero attached hydrogens (tertiary/aromatic N) is 3. The highest BCUT2D eigenvalue weighted by molar-refractivity contribution is 7.99. The van der Waals surface area contributed by atoms with Crippen LogP contribution in [0.4, 0.5) is 0 Å². The molecule has 0 aromatic carbocycles. The average molecular weight is 470 g/mol. The first-order chi connectivity index (χ1) is 15.3. The van der Waals surface area contributed by atoms with Gasteiger partial charge in [-0.15, -0.1) is 17.9 Å². The van der Waals surface area contributed by atoms with E-state index >= 15 is 0 Å². The molecule has 3 aromatic rings. The van der Waals surface area contributed by atoms with Crippen LogP contribution >= 0.6 is 23.1 Å². The van der Waals surface area contributed by atoms with E-state index in [2.05, 4.69) is 25.0 Å². The lowest BCUT2D eigenvalue weighted by Crippen LogP contribution is -2.24. The van der Waals surface area contributed by atoms with E-state index in [4.69, 9.17) is 4.98 Å². The lowest BCUT2D eigenvalue weighted by Gasteiger charge is -2.17. The fourth-order valence-corrected chi connectivity index (χ4v) is 6.98. The van der Waals surface area contributed by atoms with Crippen LogP contribution < -0.4 is 5.56 Å². The van der Waals surface area contributed by atoms with Crippen molar-refractivity contribution in [2.45, 2.75) is 71.6 Å². The van der Waals surface area contributed by atoms with Gasteiger partial charge in [0.05, 0.1) is 11.1 Å². The molecule has 5 nitrogen and oxygen atoms in total. The number of allylic oxidation sites excluding steroid dienone is 1. The summed E-state index contributed by atoms with van der Waals surface area (Å²) in [6.45, 7) is 13.6. The van der Waals surface area contributed by atoms with E-state index in [9.17, 15) is 9.59 Å². The van der Waals surface area contributed by atoms with E-state index in [1.807, 2.05) is 19.9 Å². The maximum atomic E-state index is 13.4. The van der Waals surface area contributed by atoms with Gasteiger partial charge in [0.1, 0.15) is 4.83 Å². The van der Waals surface area contributed by atoms with Crippen LogP contribution in [0.3, 0.4) is 0 Å². The minimum absolute atomic E-state index is 0.00183. The Balaban J connectivity index is 1.66. The Bertz CT molecular complexity index is 1250. The third-order valence-corrected chi connectivity index (χ3v) is 8.47. The zero-order chi connectivity index (χ0) is 23.0. The van der Waals surface area contributed by atoms with Crippen LogP contribution in [0.2, 0.25) is 0 Å². The predicted octanol–water partition coefficient (Wildman–Crippen LogP) is 5.57. The Morgan fingerprint density at radius 2 is 2.16 bits per heavy atom. The molecule has 0 amide bonds. The Morgan fingerprint density at radius 1 is 1.38 bits per heavy atom. The second-order valence-electron chi connectivity index (χ2n) is 8.78. The summed E-state index contributed by atoms with van der Waals surface area (Å²) in [5.41, 5.74) is 4.08. The standard InChI is InChI=1S/C25H31N3O2S2/c1-6-10-27-16(4)13-19(17(27)5)20(29)14-31-25-26-23-22(24(30)28(25)11-7-2)18-9-8-15(3)12-21(18)32-23/h7,13,15H,2,6,8-12,14H2,1,3-5H3. The van der Waals surface area contributed by atoms with Gasteiger partial charge in [0.15, 0.2) is 10.9 Å². The molecule has 170 valence electrons. The zero-order valence-corrected chi connectivity index (χ0v) is 21.0. The summed E-state index contributed by atoms with van der Waals surface area (Å²) < 4.78 is 3.88. The molecule has 3 aromatic heterocycles. The summed E-state index contributed by atoms with van der Waals surface area (Å²) >= 11 is 3.01. The van der Waals surface area contributed by atoms with Crippen LogP contribution in [0, 0.1) is 19.8 Å². The molecule has 0 saturated carbocycles. The molecule has 0 spiro atoms. The van der Waals surface area contributed by atoms with Crippen molar-refractivity contribution in [3.05, 3.63) is 56.5 Å². The van der Waals surface area contributed by atoms with Crippen LogP contribution in [0.1, 0.15) is 58.9 Å². The van der Waals surface area contributed by atoms with Crippen molar-refractivity contribution in [2.24, 2.45) is 5.92 Å². The first-order valence-corrected chi connectivity index (χ1v) is 13.1. The van der Waals surface area contributed by atoms with Gasteiger partial charge in [-0.2, -0.15) is 0 Å². The number of thiophene rings is 1. The topological polar surface area (TPSA) is 56.9 Å². The maximum absolute atomic E-state index is 13.4. The highest BCUT2D eigenvalue weighted by Gasteiger charge is 2.25. The second-order valence-corrected chi connectivity index (χ2v) is 10.8. The van der Waals surface area contributed by atoms with Crippen molar-refractivity contribution in [3.63, 3.8) is 0 Å². The van der Waals surface area contributed by atoms with Gasteiger partial charge in [-0.25, -0.2) is 4.98 Å². The fourth-order valence-electron chi connectivity index (χ4n) is 4.66. The van der Waals surface area contributed by atoms with Gasteiger partial charge in [-0.05, 0) is 57.1 Å². The number of aromatic nitrogens is 3. The van der Waals surface area contributed by atoms with Gasteiger partial charge in [-0.3, -0.25) is 14.2 Å². The van der Waals surface area contributed by atoms with Crippen molar-refractivity contribution in [1.82, 2.24) is 14.1 Å². The van der Waals surface area contributed by atoms with Crippen molar-refractivity contribution in [1.29, 1.82) is 0 Å². The van der Waals surface area contributed by atoms with E-state index in [-0.39, 0.29) is 17.1 Å². The van der Waals surface area contributed by atoms with E-state index in [0.717, 1.165) is 59.4 Å². The third-order valence-electron chi connectivity index (χ3n) is 6.35. The number of fused-ring (bicyclic) bond motifs is 3. The Morgan fingerprint density at radius 3 is 2.88 bits per heavy atom. The number of ketones is 1. The van der Waals surface area contributed by atoms with E-state index in [1.54, 1.807) is 22.0 Å². The van der Waals surface area contributed by atoms with Crippen LogP contribution in [0.15, 0.2) is 28.7 Å². The zero-order valence-electron chi connectivity index (χ0n) is 19.4. The third kappa shape index (κ3) is 4.13. The van der Waals surface area contributed by atoms with Gasteiger partial charge in [0.25, 0.3) is 5.56 Å². The summed E-state index contributed by atoms with van der Waals surface area (Å²) in [6, 6.07) is 1.98. The molecule has 1 aliphatic carbocycles. The summed E-state index contributed by atoms with van der Waals surface area (Å²) in [5, 5.41) is 1.38. The van der Waals surface area contributed by atoms with E-state index < -0.39 is 0 Å². The summed E-state index contributed by atoms with van der Waals surface area (Å²) in [5.74, 6) is 0.974. The predicted molar refractivity (Wildman–Crippen MR) is 135 cm³/mol. The van der Waals surface area contributed by atoms with Gasteiger partial charge >= 0.3 is 0 Å². The molecule has 1 aliphatic rings. The molecule has 32 heavy (non-hydrogen) atoms. The Labute approximate surface area is 197 Å². The lowest BCUT2D eigenvalue weighted by atomic mass is 9.89. The second kappa shape index (κ2) is 9.40. The average Bonchev–Trinajstić information content (AvgIpc) is 3.26. The number of Topliss-reactive ketones (excluding diaryl/α,β-unsaturated/α-hetero) is 1. The monoisotopic (exact) mass is 469 g/mol. The molecule has 1 atom stereocenters. The quantitative estimate of drug-likeness (QED) is 0.187. The number of aryl methyl sites for hydroxylation is 2. The van der Waals surface area contributed by atoms with E-state index in [0.29, 0.717) is 17.6 Å². The minimum Gasteiger partial charge on any atom is -0.348 e. The Kier molecular flexibility index (Phi) is 6.77. The van der Waals surface area contributed by atoms with Gasteiger partial charge in [-0.1, -0.05) is 31.7 Å². The fraction of sp³-hybridized carbons (Fsp3) is 0.480. The summed E-state index contributed by atoms with van der Waals surface area (Å²) in [7, 11) is 0. The molecule has 0 aliphatic heterocycles. The van der Waals surface area contributed by atoms with Gasteiger partial charge < -0.3 is 4.57 Å². The molecule has 3 heterocycles. The molecular weight excluding hydrogens is 438 g/mol. The largest absolute Gasteiger partial charge is 0.348 e. The molecule has 0 bridgehead atoms. The molecule has 0 saturated heterocycles. The van der Waals surface area contributed by atoms with E-state index in [1.165, 1.54) is 22.2 Å². The summed E-state index contributed by atoms with van der Waals surface area (Å²) in [6.07, 6.45) is 5.83. The van der Waals surface area contributed by atoms with Crippen LogP contribution in [0.25, 0.3) is 10.2 Å². The first kappa shape index (κ1) is 23.1. The van der Waals surface area contributed by atoms with Crippen LogP contribution in [-0.2, 0) is 25.9 Å². The lowest BCUT2D eigenvalue weighted by molar-refractivity contribution is 0.102. The van der Waals surface area contributed by atoms with Crippen LogP contribution in [0.5, 0.6) is 0 Å². The molecule has 4 rings (SSSR count). The molecule has 7 heteroatoms. The number of rotatable bonds is 8. The highest BCUT2D eigenvalue weighted by Crippen LogP contribution is 2.36. The molecule has 0 radical (unpaired) electrons. The van der Waals surface area contributed by atoms with Gasteiger partial charge in [0.2, 0.25) is 0 Å². The molecular formula is C25H31N3O2S2. The van der Waals surface area contributed by atoms with Crippen molar-refractivity contribution in [2.75, 3.05) is 5.75 Å². The number of carbonyl (C=O) groups excluding carboxylic acids is 1. The molecule has 1 unspecified atom stereocenters. The first-order valence-electron chi connectivity index (χ1n) is 11.3. The van der Waals surface area contributed by atoms with Crippen LogP contribution in [-0.4, -0.2) is 25.7 Å². The number of carbonyl (C=O) groups is 1. The van der Waals surface area contributed by atoms with Crippen molar-refractivity contribution in [3.8, 4) is 0 Å². The SMILES string of the molecule is C=CCn1c(SCC(=O)c2cc(C)n(CCC)c2C)nc2sc3c(c2c1=O)CCC(C)C3. The molecule has 0 fully saturated rings. The number of hydrogen-bond acceptors (Lipinski definition) is 5.